The van der Waals surface area contributed by atoms with Gasteiger partial charge < -0.3 is 28.8 Å². The van der Waals surface area contributed by atoms with E-state index in [9.17, 15) is 24.6 Å². The average molecular weight is 511 g/mol. The lowest BCUT2D eigenvalue weighted by Crippen LogP contribution is -2.56. The molecule has 0 saturated carbocycles. The van der Waals surface area contributed by atoms with E-state index in [0.29, 0.717) is 0 Å². The minimum absolute atomic E-state index is 0.0238. The molecule has 0 aromatic heterocycles. The van der Waals surface area contributed by atoms with Gasteiger partial charge in [-0.1, -0.05) is 39.0 Å². The van der Waals surface area contributed by atoms with Crippen LogP contribution in [-0.2, 0) is 28.2 Å². The van der Waals surface area contributed by atoms with Crippen molar-refractivity contribution in [1.82, 2.24) is 0 Å². The molecule has 1 rings (SSSR count). The lowest BCUT2D eigenvalue weighted by molar-refractivity contribution is -0.167. The summed E-state index contributed by atoms with van der Waals surface area (Å²) < 4.78 is 21.5. The summed E-state index contributed by atoms with van der Waals surface area (Å²) in [6, 6.07) is 7.96. The largest absolute Gasteiger partial charge is 0.463 e. The minimum atomic E-state index is -2.63. The van der Waals surface area contributed by atoms with Crippen molar-refractivity contribution in [2.75, 3.05) is 13.2 Å². The second-order valence-corrected chi connectivity index (χ2v) is 14.1. The van der Waals surface area contributed by atoms with Crippen LogP contribution in [0, 0.1) is 0 Å². The molecule has 0 aliphatic rings. The van der Waals surface area contributed by atoms with Gasteiger partial charge in [0.2, 0.25) is 6.10 Å². The molecule has 35 heavy (non-hydrogen) atoms. The maximum Gasteiger partial charge on any atom is 0.350 e. The van der Waals surface area contributed by atoms with E-state index >= 15 is 0 Å². The molecule has 0 aliphatic carbocycles. The number of hydrogen-bond acceptors (Lipinski definition) is 9. The number of ether oxygens (including phenoxy) is 3. The van der Waals surface area contributed by atoms with Crippen LogP contribution in [0.1, 0.15) is 45.0 Å². The summed E-state index contributed by atoms with van der Waals surface area (Å²) in [5, 5.41) is 21.8. The van der Waals surface area contributed by atoms with E-state index in [4.69, 9.17) is 18.6 Å². The van der Waals surface area contributed by atoms with Crippen molar-refractivity contribution < 1.29 is 43.2 Å². The Morgan fingerprint density at radius 3 is 2.09 bits per heavy atom. The van der Waals surface area contributed by atoms with Crippen LogP contribution >= 0.6 is 0 Å². The third-order valence-corrected chi connectivity index (χ3v) is 10.2. The molecule has 0 fully saturated rings. The van der Waals surface area contributed by atoms with Gasteiger partial charge in [-0.2, -0.15) is 0 Å². The van der Waals surface area contributed by atoms with Crippen LogP contribution < -0.4 is 0 Å². The SMILES string of the molecule is CCOC(=O)/C=C/[C@@H](O)[C@H](O[Si](C)(C)C(C)(C)C)[C@H](O)[C@@H](OC(=O)c1ccccc1)C(=O)OCC. The number of carbonyl (C=O) groups is 3. The fourth-order valence-corrected chi connectivity index (χ4v) is 4.06. The van der Waals surface area contributed by atoms with Crippen molar-refractivity contribution in [2.24, 2.45) is 0 Å². The van der Waals surface area contributed by atoms with Gasteiger partial charge in [-0.15, -0.1) is 0 Å². The number of benzene rings is 1. The number of carbonyl (C=O) groups excluding carboxylic acids is 3. The van der Waals surface area contributed by atoms with Crippen molar-refractivity contribution in [2.45, 2.75) is 77.2 Å². The fourth-order valence-electron chi connectivity index (χ4n) is 2.75. The van der Waals surface area contributed by atoms with Crippen LogP contribution in [0.25, 0.3) is 0 Å². The third kappa shape index (κ3) is 9.21. The molecule has 10 heteroatoms. The second kappa shape index (κ2) is 13.5. The Kier molecular flexibility index (Phi) is 11.8. The smallest absolute Gasteiger partial charge is 0.350 e. The predicted octanol–water partition coefficient (Wildman–Crippen LogP) is 3.01. The van der Waals surface area contributed by atoms with Crippen LogP contribution in [0.15, 0.2) is 42.5 Å². The molecule has 0 bridgehead atoms. The first-order chi connectivity index (χ1) is 16.2. The lowest BCUT2D eigenvalue weighted by Gasteiger charge is -2.42. The number of esters is 3. The van der Waals surface area contributed by atoms with E-state index < -0.39 is 50.6 Å². The number of aliphatic hydroxyl groups excluding tert-OH is 2. The third-order valence-electron chi connectivity index (χ3n) is 5.70. The Bertz CT molecular complexity index is 861. The van der Waals surface area contributed by atoms with E-state index in [2.05, 4.69) is 0 Å². The zero-order chi connectivity index (χ0) is 26.8. The average Bonchev–Trinajstić information content (AvgIpc) is 2.79. The van der Waals surface area contributed by atoms with E-state index in [1.54, 1.807) is 32.0 Å². The Morgan fingerprint density at radius 1 is 1.00 bits per heavy atom. The molecule has 1 aromatic carbocycles. The molecular formula is C25H38O9Si. The van der Waals surface area contributed by atoms with Gasteiger partial charge >= 0.3 is 17.9 Å². The van der Waals surface area contributed by atoms with Gasteiger partial charge in [0, 0.05) is 6.08 Å². The number of aliphatic hydroxyl groups is 2. The normalized spacial score (nSPS) is 15.7. The molecule has 0 radical (unpaired) electrons. The first-order valence-electron chi connectivity index (χ1n) is 11.6. The summed E-state index contributed by atoms with van der Waals surface area (Å²) in [5.74, 6) is -2.54. The zero-order valence-electron chi connectivity index (χ0n) is 21.5. The van der Waals surface area contributed by atoms with Gasteiger partial charge in [-0.25, -0.2) is 14.4 Å². The van der Waals surface area contributed by atoms with Crippen molar-refractivity contribution in [3.63, 3.8) is 0 Å². The summed E-state index contributed by atoms with van der Waals surface area (Å²) in [6.45, 7) is 13.0. The van der Waals surface area contributed by atoms with E-state index in [0.717, 1.165) is 12.2 Å². The maximum atomic E-state index is 12.7. The molecule has 4 atom stereocenters. The molecule has 0 amide bonds. The minimum Gasteiger partial charge on any atom is -0.463 e. The molecule has 0 saturated heterocycles. The van der Waals surface area contributed by atoms with E-state index in [1.807, 2.05) is 33.9 Å². The Labute approximate surface area is 208 Å². The molecule has 2 N–H and O–H groups in total. The maximum absolute atomic E-state index is 12.7. The van der Waals surface area contributed by atoms with Crippen LogP contribution in [0.2, 0.25) is 18.1 Å². The topological polar surface area (TPSA) is 129 Å². The standard InChI is InChI=1S/C25H38O9Si/c1-8-31-19(27)16-15-18(26)21(34-35(6,7)25(3,4)5)20(28)22(24(30)32-9-2)33-23(29)17-13-11-10-12-14-17/h10-16,18,20-22,26,28H,8-9H2,1-7H3/b16-15+/t18-,20+,21+,22-/m1/s1. The quantitative estimate of drug-likeness (QED) is 0.189. The van der Waals surface area contributed by atoms with E-state index in [-0.39, 0.29) is 23.8 Å². The highest BCUT2D eigenvalue weighted by Gasteiger charge is 2.46. The molecular weight excluding hydrogens is 472 g/mol. The molecule has 0 unspecified atom stereocenters. The Morgan fingerprint density at radius 2 is 1.57 bits per heavy atom. The Hall–Kier alpha value is -2.53. The van der Waals surface area contributed by atoms with Gasteiger partial charge in [0.15, 0.2) is 8.32 Å². The van der Waals surface area contributed by atoms with Gasteiger partial charge in [0.05, 0.1) is 18.8 Å². The van der Waals surface area contributed by atoms with Gasteiger partial charge in [-0.3, -0.25) is 0 Å². The summed E-state index contributed by atoms with van der Waals surface area (Å²) in [7, 11) is -2.63. The van der Waals surface area contributed by atoms with Crippen LogP contribution in [-0.4, -0.2) is 74.1 Å². The first kappa shape index (κ1) is 30.5. The molecule has 0 spiro atoms. The summed E-state index contributed by atoms with van der Waals surface area (Å²) in [5.41, 5.74) is 0.165. The molecule has 9 nitrogen and oxygen atoms in total. The first-order valence-corrected chi connectivity index (χ1v) is 14.5. The van der Waals surface area contributed by atoms with Crippen molar-refractivity contribution in [3.05, 3.63) is 48.0 Å². The van der Waals surface area contributed by atoms with Crippen LogP contribution in [0.5, 0.6) is 0 Å². The van der Waals surface area contributed by atoms with Crippen molar-refractivity contribution in [1.29, 1.82) is 0 Å². The number of hydrogen-bond donors (Lipinski definition) is 2. The highest BCUT2D eigenvalue weighted by atomic mass is 28.4. The van der Waals surface area contributed by atoms with Gasteiger partial charge in [-0.05, 0) is 50.2 Å². The van der Waals surface area contributed by atoms with Crippen molar-refractivity contribution in [3.8, 4) is 0 Å². The van der Waals surface area contributed by atoms with E-state index in [1.165, 1.54) is 12.1 Å². The summed E-state index contributed by atoms with van der Waals surface area (Å²) >= 11 is 0. The highest BCUT2D eigenvalue weighted by molar-refractivity contribution is 6.74. The lowest BCUT2D eigenvalue weighted by atomic mass is 10.0. The van der Waals surface area contributed by atoms with Crippen molar-refractivity contribution >= 4 is 26.2 Å². The number of rotatable bonds is 12. The zero-order valence-corrected chi connectivity index (χ0v) is 22.5. The Balaban J connectivity index is 3.37. The fraction of sp³-hybridized carbons (Fsp3) is 0.560. The van der Waals surface area contributed by atoms with Gasteiger partial charge in [0.25, 0.3) is 0 Å². The monoisotopic (exact) mass is 510 g/mol. The highest BCUT2D eigenvalue weighted by Crippen LogP contribution is 2.38. The molecule has 0 aliphatic heterocycles. The predicted molar refractivity (Wildman–Crippen MR) is 132 cm³/mol. The summed E-state index contributed by atoms with van der Waals surface area (Å²) in [4.78, 5) is 37.2. The van der Waals surface area contributed by atoms with Crippen LogP contribution in [0.4, 0.5) is 0 Å². The molecule has 196 valence electrons. The van der Waals surface area contributed by atoms with Gasteiger partial charge in [0.1, 0.15) is 18.3 Å². The molecule has 1 aromatic rings. The summed E-state index contributed by atoms with van der Waals surface area (Å²) in [6.07, 6.45) is -4.42. The second-order valence-electron chi connectivity index (χ2n) is 9.38. The van der Waals surface area contributed by atoms with Crippen LogP contribution in [0.3, 0.4) is 0 Å². The molecule has 0 heterocycles.